The van der Waals surface area contributed by atoms with Crippen molar-refractivity contribution in [3.63, 3.8) is 0 Å². The molecule has 6 aliphatic rings. The molecular formula is C47H48N2O7. The lowest BCUT2D eigenvalue weighted by Crippen LogP contribution is -2.46. The van der Waals surface area contributed by atoms with E-state index in [9.17, 15) is 19.8 Å². The van der Waals surface area contributed by atoms with Gasteiger partial charge in [0.15, 0.2) is 0 Å². The number of fused-ring (bicyclic) bond motifs is 4. The second-order valence-corrected chi connectivity index (χ2v) is 15.7. The van der Waals surface area contributed by atoms with Gasteiger partial charge in [0.2, 0.25) is 0 Å². The van der Waals surface area contributed by atoms with Gasteiger partial charge in [0.05, 0.1) is 25.0 Å². The van der Waals surface area contributed by atoms with Crippen molar-refractivity contribution >= 4 is 23.1 Å². The Kier molecular flexibility index (Phi) is 10.2. The smallest absolute Gasteiger partial charge is 0.310 e. The van der Waals surface area contributed by atoms with Crippen LogP contribution in [0.5, 0.6) is 11.5 Å². The number of hydrogen-bond donors (Lipinski definition) is 2. The maximum Gasteiger partial charge on any atom is 0.310 e. The van der Waals surface area contributed by atoms with Crippen molar-refractivity contribution in [1.29, 1.82) is 0 Å². The van der Waals surface area contributed by atoms with Crippen molar-refractivity contribution in [2.45, 2.75) is 57.4 Å². The molecule has 56 heavy (non-hydrogen) atoms. The van der Waals surface area contributed by atoms with E-state index in [4.69, 9.17) is 14.2 Å². The predicted octanol–water partition coefficient (Wildman–Crippen LogP) is 7.53. The van der Waals surface area contributed by atoms with Crippen LogP contribution < -0.4 is 9.47 Å². The summed E-state index contributed by atoms with van der Waals surface area (Å²) < 4.78 is 17.7. The average molecular weight is 753 g/mol. The normalized spacial score (nSPS) is 24.4. The van der Waals surface area contributed by atoms with Crippen LogP contribution in [0.2, 0.25) is 0 Å². The molecule has 0 amide bonds. The molecule has 9 heteroatoms. The van der Waals surface area contributed by atoms with Gasteiger partial charge >= 0.3 is 11.9 Å². The number of piperidine rings is 2. The van der Waals surface area contributed by atoms with Crippen molar-refractivity contribution in [3.8, 4) is 11.5 Å². The molecule has 0 bridgehead atoms. The molecule has 4 unspecified atom stereocenters. The zero-order valence-electron chi connectivity index (χ0n) is 31.6. The molecule has 4 fully saturated rings. The summed E-state index contributed by atoms with van der Waals surface area (Å²) in [6.45, 7) is 5.62. The molecule has 5 heterocycles. The Hall–Kier alpha value is -5.22. The largest absolute Gasteiger partial charge is 0.488 e. The molecule has 0 radical (unpaired) electrons. The molecule has 4 aromatic rings. The SMILES string of the molecule is O=C(O)C1CC1N1CCC(=C2c3ccccc3COc3ccccc32)CC1.O=C(O)C1COCC1N1CCC(=C2c3ccccc3COc3ccccc32)CC1. The summed E-state index contributed by atoms with van der Waals surface area (Å²) >= 11 is 0. The molecular weight excluding hydrogens is 705 g/mol. The first-order valence-electron chi connectivity index (χ1n) is 20.0. The van der Waals surface area contributed by atoms with Gasteiger partial charge in [0.25, 0.3) is 0 Å². The topological polar surface area (TPSA) is 109 Å². The summed E-state index contributed by atoms with van der Waals surface area (Å²) in [7, 11) is 0. The fourth-order valence-electron chi connectivity index (χ4n) is 9.48. The Bertz CT molecular complexity index is 2090. The van der Waals surface area contributed by atoms with Gasteiger partial charge in [-0.1, -0.05) is 96.1 Å². The fraction of sp³-hybridized carbons (Fsp3) is 0.362. The third kappa shape index (κ3) is 7.15. The Balaban J connectivity index is 0.000000147. The molecule has 1 saturated carbocycles. The summed E-state index contributed by atoms with van der Waals surface area (Å²) in [6.07, 6.45) is 4.64. The number of carbonyl (C=O) groups is 2. The maximum atomic E-state index is 11.5. The van der Waals surface area contributed by atoms with Crippen LogP contribution in [-0.4, -0.2) is 83.4 Å². The average Bonchev–Trinajstić information content (AvgIpc) is 3.96. The second-order valence-electron chi connectivity index (χ2n) is 15.7. The highest BCUT2D eigenvalue weighted by molar-refractivity contribution is 5.88. The van der Waals surface area contributed by atoms with Crippen molar-refractivity contribution < 1.29 is 34.0 Å². The van der Waals surface area contributed by atoms with E-state index >= 15 is 0 Å². The summed E-state index contributed by atoms with van der Waals surface area (Å²) in [5.41, 5.74) is 12.8. The van der Waals surface area contributed by atoms with E-state index in [0.29, 0.717) is 26.4 Å². The first-order chi connectivity index (χ1) is 27.4. The number of carboxylic acid groups (broad SMARTS) is 2. The number of para-hydroxylation sites is 2. The number of aliphatic carboxylic acids is 2. The zero-order chi connectivity index (χ0) is 38.2. The quantitative estimate of drug-likeness (QED) is 0.219. The fourth-order valence-corrected chi connectivity index (χ4v) is 9.48. The van der Waals surface area contributed by atoms with Crippen LogP contribution >= 0.6 is 0 Å². The Morgan fingerprint density at radius 3 is 1.41 bits per heavy atom. The zero-order valence-corrected chi connectivity index (χ0v) is 31.6. The van der Waals surface area contributed by atoms with Gasteiger partial charge in [-0.05, 0) is 77.6 Å². The molecule has 288 valence electrons. The van der Waals surface area contributed by atoms with Gasteiger partial charge in [-0.15, -0.1) is 0 Å². The van der Waals surface area contributed by atoms with E-state index in [0.717, 1.165) is 75.3 Å². The lowest BCUT2D eigenvalue weighted by atomic mass is 9.86. The van der Waals surface area contributed by atoms with Crippen molar-refractivity contribution in [3.05, 3.63) is 142 Å². The van der Waals surface area contributed by atoms with E-state index in [1.165, 1.54) is 50.1 Å². The van der Waals surface area contributed by atoms with Crippen LogP contribution in [0.3, 0.4) is 0 Å². The van der Waals surface area contributed by atoms with Gasteiger partial charge < -0.3 is 24.4 Å². The molecule has 9 nitrogen and oxygen atoms in total. The molecule has 10 rings (SSSR count). The number of hydrogen-bond acceptors (Lipinski definition) is 7. The lowest BCUT2D eigenvalue weighted by molar-refractivity contribution is -0.143. The van der Waals surface area contributed by atoms with Crippen LogP contribution in [0.1, 0.15) is 65.5 Å². The minimum atomic E-state index is -0.750. The molecule has 0 aromatic heterocycles. The van der Waals surface area contributed by atoms with Gasteiger partial charge in [0.1, 0.15) is 24.7 Å². The Morgan fingerprint density at radius 1 is 0.518 bits per heavy atom. The lowest BCUT2D eigenvalue weighted by Gasteiger charge is -2.35. The first kappa shape index (κ1) is 36.4. The monoisotopic (exact) mass is 752 g/mol. The Morgan fingerprint density at radius 2 is 0.946 bits per heavy atom. The number of likely N-dealkylation sites (tertiary alicyclic amines) is 2. The van der Waals surface area contributed by atoms with Crippen LogP contribution in [0.15, 0.2) is 108 Å². The van der Waals surface area contributed by atoms with E-state index in [-0.39, 0.29) is 18.0 Å². The minimum Gasteiger partial charge on any atom is -0.488 e. The minimum absolute atomic E-state index is 0.0175. The number of benzene rings is 4. The number of carboxylic acids is 2. The third-order valence-electron chi connectivity index (χ3n) is 12.5. The number of ether oxygens (including phenoxy) is 3. The highest BCUT2D eigenvalue weighted by Gasteiger charge is 2.47. The molecule has 2 N–H and O–H groups in total. The molecule has 1 aliphatic carbocycles. The molecule has 0 spiro atoms. The number of nitrogens with zero attached hydrogens (tertiary/aromatic N) is 2. The summed E-state index contributed by atoms with van der Waals surface area (Å²) in [4.78, 5) is 27.4. The van der Waals surface area contributed by atoms with Crippen LogP contribution in [0.25, 0.3) is 11.1 Å². The van der Waals surface area contributed by atoms with Crippen LogP contribution in [0, 0.1) is 11.8 Å². The summed E-state index contributed by atoms with van der Waals surface area (Å²) in [6, 6.07) is 33.9. The van der Waals surface area contributed by atoms with Crippen molar-refractivity contribution in [1.82, 2.24) is 9.80 Å². The van der Waals surface area contributed by atoms with E-state index < -0.39 is 17.9 Å². The van der Waals surface area contributed by atoms with E-state index in [1.54, 1.807) is 0 Å². The highest BCUT2D eigenvalue weighted by Crippen LogP contribution is 2.44. The molecule has 4 aromatic carbocycles. The van der Waals surface area contributed by atoms with E-state index in [2.05, 4.69) is 88.7 Å². The van der Waals surface area contributed by atoms with Crippen molar-refractivity contribution in [2.24, 2.45) is 11.8 Å². The second kappa shape index (κ2) is 15.7. The summed E-state index contributed by atoms with van der Waals surface area (Å²) in [5, 5.41) is 18.7. The summed E-state index contributed by atoms with van der Waals surface area (Å²) in [5.74, 6) is -0.0901. The molecule has 4 atom stereocenters. The molecule has 5 aliphatic heterocycles. The highest BCUT2D eigenvalue weighted by atomic mass is 16.5. The van der Waals surface area contributed by atoms with Gasteiger partial charge in [0, 0.05) is 49.4 Å². The van der Waals surface area contributed by atoms with Crippen molar-refractivity contribution in [2.75, 3.05) is 39.4 Å². The maximum absolute atomic E-state index is 11.5. The first-order valence-corrected chi connectivity index (χ1v) is 20.0. The van der Waals surface area contributed by atoms with Crippen LogP contribution in [-0.2, 0) is 27.5 Å². The standard InChI is InChI=1S/C24H25NO4.C23H23NO3/c26-24(27)20-14-28-15-21(20)25-11-9-16(10-12-25)23-18-6-2-1-5-17(18)13-29-22-8-4-3-7-19(22)23;25-23(26)19-13-20(19)24-11-9-15(10-12-24)22-17-6-2-1-5-16(17)14-27-21-8-4-3-7-18(21)22/h1-8,20-21H,9-15H2,(H,26,27);1-8,19-20H,9-14H2,(H,25,26). The van der Waals surface area contributed by atoms with Crippen LogP contribution in [0.4, 0.5) is 0 Å². The van der Waals surface area contributed by atoms with E-state index in [1.807, 2.05) is 18.2 Å². The molecule has 3 saturated heterocycles. The Labute approximate surface area is 327 Å². The van der Waals surface area contributed by atoms with Gasteiger partial charge in [-0.25, -0.2) is 0 Å². The number of rotatable bonds is 4. The van der Waals surface area contributed by atoms with Gasteiger partial charge in [-0.3, -0.25) is 19.4 Å². The predicted molar refractivity (Wildman–Crippen MR) is 213 cm³/mol. The van der Waals surface area contributed by atoms with Gasteiger partial charge in [-0.2, -0.15) is 0 Å². The third-order valence-corrected chi connectivity index (χ3v) is 12.5.